The summed E-state index contributed by atoms with van der Waals surface area (Å²) in [6.07, 6.45) is 2.05. The lowest BCUT2D eigenvalue weighted by Gasteiger charge is -2.07. The van der Waals surface area contributed by atoms with Gasteiger partial charge in [-0.3, -0.25) is 9.59 Å². The first-order valence-corrected chi connectivity index (χ1v) is 9.04. The number of rotatable bonds is 5. The molecule has 1 saturated carbocycles. The van der Waals surface area contributed by atoms with Crippen LogP contribution in [0.3, 0.4) is 0 Å². The van der Waals surface area contributed by atoms with E-state index in [2.05, 4.69) is 10.6 Å². The molecule has 0 unspecified atom stereocenters. The number of carbonyl (C=O) groups is 2. The fourth-order valence-electron chi connectivity index (χ4n) is 2.66. The molecule has 0 spiro atoms. The van der Waals surface area contributed by atoms with Gasteiger partial charge in [0.1, 0.15) is 5.76 Å². The third kappa shape index (κ3) is 4.20. The largest absolute Gasteiger partial charge is 0.451 e. The van der Waals surface area contributed by atoms with Crippen molar-refractivity contribution in [2.75, 3.05) is 5.32 Å². The Morgan fingerprint density at radius 2 is 1.74 bits per heavy atom. The van der Waals surface area contributed by atoms with E-state index in [9.17, 15) is 9.59 Å². The molecule has 0 saturated heterocycles. The summed E-state index contributed by atoms with van der Waals surface area (Å²) in [7, 11) is 0. The Bertz CT molecular complexity index is 991. The number of hydrogen-bond donors (Lipinski definition) is 2. The number of benzene rings is 2. The average molecular weight is 381 g/mol. The minimum atomic E-state index is -0.380. The Morgan fingerprint density at radius 3 is 2.48 bits per heavy atom. The van der Waals surface area contributed by atoms with E-state index in [1.54, 1.807) is 48.5 Å². The van der Waals surface area contributed by atoms with Crippen molar-refractivity contribution in [3.05, 3.63) is 77.0 Å². The SMILES string of the molecule is O=C(NC1CC1)c1cccc(NC(=O)c2ccc(-c3ccc(Cl)cc3)o2)c1. The first kappa shape index (κ1) is 17.4. The zero-order valence-corrected chi connectivity index (χ0v) is 15.1. The first-order valence-electron chi connectivity index (χ1n) is 8.66. The second-order valence-electron chi connectivity index (χ2n) is 6.45. The lowest BCUT2D eigenvalue weighted by atomic mass is 10.2. The van der Waals surface area contributed by atoms with Crippen molar-refractivity contribution < 1.29 is 14.0 Å². The van der Waals surface area contributed by atoms with Crippen LogP contribution in [0.1, 0.15) is 33.8 Å². The summed E-state index contributed by atoms with van der Waals surface area (Å²) in [6.45, 7) is 0. The number of halogens is 1. The van der Waals surface area contributed by atoms with Gasteiger partial charge in [0.05, 0.1) is 0 Å². The van der Waals surface area contributed by atoms with Crippen LogP contribution in [0.5, 0.6) is 0 Å². The van der Waals surface area contributed by atoms with Gasteiger partial charge in [-0.15, -0.1) is 0 Å². The summed E-state index contributed by atoms with van der Waals surface area (Å²) >= 11 is 5.89. The number of hydrogen-bond acceptors (Lipinski definition) is 3. The van der Waals surface area contributed by atoms with Gasteiger partial charge in [-0.05, 0) is 67.4 Å². The lowest BCUT2D eigenvalue weighted by Crippen LogP contribution is -2.25. The molecule has 2 aromatic carbocycles. The summed E-state index contributed by atoms with van der Waals surface area (Å²) in [5.41, 5.74) is 1.88. The predicted octanol–water partition coefficient (Wildman–Crippen LogP) is 4.74. The van der Waals surface area contributed by atoms with E-state index in [-0.39, 0.29) is 23.6 Å². The van der Waals surface area contributed by atoms with Gasteiger partial charge in [0.2, 0.25) is 0 Å². The molecule has 0 atom stereocenters. The van der Waals surface area contributed by atoms with E-state index in [1.807, 2.05) is 12.1 Å². The number of furan rings is 1. The fraction of sp³-hybridized carbons (Fsp3) is 0.143. The molecular weight excluding hydrogens is 364 g/mol. The first-order chi connectivity index (χ1) is 13.1. The highest BCUT2D eigenvalue weighted by molar-refractivity contribution is 6.30. The number of nitrogens with one attached hydrogen (secondary N) is 2. The molecule has 1 aliphatic carbocycles. The Balaban J connectivity index is 1.46. The van der Waals surface area contributed by atoms with Crippen molar-refractivity contribution in [2.24, 2.45) is 0 Å². The zero-order valence-electron chi connectivity index (χ0n) is 14.4. The molecular formula is C21H17ClN2O3. The molecule has 27 heavy (non-hydrogen) atoms. The molecule has 3 aromatic rings. The molecule has 0 bridgehead atoms. The lowest BCUT2D eigenvalue weighted by molar-refractivity contribution is 0.0949. The summed E-state index contributed by atoms with van der Waals surface area (Å²) in [5.74, 6) is 0.258. The van der Waals surface area contributed by atoms with Gasteiger partial charge in [-0.25, -0.2) is 0 Å². The second-order valence-corrected chi connectivity index (χ2v) is 6.89. The van der Waals surface area contributed by atoms with E-state index in [1.165, 1.54) is 0 Å². The monoisotopic (exact) mass is 380 g/mol. The van der Waals surface area contributed by atoms with E-state index in [4.69, 9.17) is 16.0 Å². The van der Waals surface area contributed by atoms with Gasteiger partial charge in [0.15, 0.2) is 5.76 Å². The molecule has 1 fully saturated rings. The number of carbonyl (C=O) groups excluding carboxylic acids is 2. The minimum Gasteiger partial charge on any atom is -0.451 e. The summed E-state index contributed by atoms with van der Waals surface area (Å²) < 4.78 is 5.65. The van der Waals surface area contributed by atoms with Crippen molar-refractivity contribution >= 4 is 29.1 Å². The van der Waals surface area contributed by atoms with Crippen LogP contribution in [-0.2, 0) is 0 Å². The van der Waals surface area contributed by atoms with Gasteiger partial charge >= 0.3 is 0 Å². The Labute approximate surface area is 161 Å². The molecule has 0 radical (unpaired) electrons. The highest BCUT2D eigenvalue weighted by atomic mass is 35.5. The van der Waals surface area contributed by atoms with Crippen molar-refractivity contribution in [3.63, 3.8) is 0 Å². The van der Waals surface area contributed by atoms with Crippen LogP contribution < -0.4 is 10.6 Å². The Hall–Kier alpha value is -3.05. The van der Waals surface area contributed by atoms with Crippen LogP contribution in [0, 0.1) is 0 Å². The number of amides is 2. The second kappa shape index (κ2) is 7.29. The van der Waals surface area contributed by atoms with Crippen LogP contribution in [0.4, 0.5) is 5.69 Å². The molecule has 1 heterocycles. The van der Waals surface area contributed by atoms with Crippen molar-refractivity contribution in [3.8, 4) is 11.3 Å². The molecule has 6 heteroatoms. The number of anilines is 1. The van der Waals surface area contributed by atoms with Gasteiger partial charge in [-0.2, -0.15) is 0 Å². The highest BCUT2D eigenvalue weighted by Gasteiger charge is 2.24. The van der Waals surface area contributed by atoms with Crippen LogP contribution in [0.15, 0.2) is 65.1 Å². The molecule has 2 N–H and O–H groups in total. The maximum Gasteiger partial charge on any atom is 0.291 e. The average Bonchev–Trinajstić information content (AvgIpc) is 3.34. The molecule has 2 amide bonds. The summed E-state index contributed by atoms with van der Waals surface area (Å²) in [5, 5.41) is 6.32. The topological polar surface area (TPSA) is 71.3 Å². The van der Waals surface area contributed by atoms with Crippen LogP contribution in [0.25, 0.3) is 11.3 Å². The predicted molar refractivity (Wildman–Crippen MR) is 104 cm³/mol. The smallest absolute Gasteiger partial charge is 0.291 e. The van der Waals surface area contributed by atoms with Gasteiger partial charge in [0, 0.05) is 27.9 Å². The maximum absolute atomic E-state index is 12.5. The molecule has 4 rings (SSSR count). The third-order valence-electron chi connectivity index (χ3n) is 4.25. The van der Waals surface area contributed by atoms with E-state index >= 15 is 0 Å². The van der Waals surface area contributed by atoms with Crippen LogP contribution in [-0.4, -0.2) is 17.9 Å². The fourth-order valence-corrected chi connectivity index (χ4v) is 2.78. The quantitative estimate of drug-likeness (QED) is 0.671. The normalized spacial score (nSPS) is 13.2. The molecule has 1 aliphatic rings. The van der Waals surface area contributed by atoms with Crippen molar-refractivity contribution in [1.29, 1.82) is 0 Å². The Kier molecular flexibility index (Phi) is 4.69. The maximum atomic E-state index is 12.5. The summed E-state index contributed by atoms with van der Waals surface area (Å²) in [4.78, 5) is 24.6. The van der Waals surface area contributed by atoms with Crippen LogP contribution >= 0.6 is 11.6 Å². The zero-order chi connectivity index (χ0) is 18.8. The van der Waals surface area contributed by atoms with Gasteiger partial charge in [-0.1, -0.05) is 17.7 Å². The van der Waals surface area contributed by atoms with Crippen LogP contribution in [0.2, 0.25) is 5.02 Å². The van der Waals surface area contributed by atoms with E-state index < -0.39 is 0 Å². The molecule has 136 valence electrons. The van der Waals surface area contributed by atoms with Gasteiger partial charge in [0.25, 0.3) is 11.8 Å². The third-order valence-corrected chi connectivity index (χ3v) is 4.51. The summed E-state index contributed by atoms with van der Waals surface area (Å²) in [6, 6.07) is 17.6. The van der Waals surface area contributed by atoms with E-state index in [0.717, 1.165) is 18.4 Å². The van der Waals surface area contributed by atoms with Crippen molar-refractivity contribution in [1.82, 2.24) is 5.32 Å². The molecule has 0 aliphatic heterocycles. The standard InChI is InChI=1S/C21H17ClN2O3/c22-15-6-4-13(5-7-15)18-10-11-19(27-18)21(26)24-17-3-1-2-14(12-17)20(25)23-16-8-9-16/h1-7,10-12,16H,8-9H2,(H,23,25)(H,24,26). The highest BCUT2D eigenvalue weighted by Crippen LogP contribution is 2.24. The van der Waals surface area contributed by atoms with Gasteiger partial charge < -0.3 is 15.1 Å². The minimum absolute atomic E-state index is 0.128. The van der Waals surface area contributed by atoms with Crippen molar-refractivity contribution in [2.45, 2.75) is 18.9 Å². The molecule has 1 aromatic heterocycles. The molecule has 5 nitrogen and oxygen atoms in total. The van der Waals surface area contributed by atoms with E-state index in [0.29, 0.717) is 22.0 Å². The Morgan fingerprint density at radius 1 is 0.963 bits per heavy atom.